The third kappa shape index (κ3) is 21.9. The summed E-state index contributed by atoms with van der Waals surface area (Å²) in [6.45, 7) is 8.49. The van der Waals surface area contributed by atoms with Gasteiger partial charge in [0.05, 0.1) is 0 Å². The molecular weight excluding hydrogens is 292 g/mol. The lowest BCUT2D eigenvalue weighted by Crippen LogP contribution is -2.43. The molecule has 0 bridgehead atoms. The second kappa shape index (κ2) is 17.7. The average Bonchev–Trinajstić information content (AvgIpc) is 2.52. The van der Waals surface area contributed by atoms with Gasteiger partial charge in [-0.1, -0.05) is 103 Å². The lowest BCUT2D eigenvalue weighted by Gasteiger charge is -2.18. The molecule has 0 aliphatic carbocycles. The molecule has 0 saturated heterocycles. The Bertz CT molecular complexity index is 233. The van der Waals surface area contributed by atoms with Crippen molar-refractivity contribution in [2.45, 2.75) is 129 Å². The molecule has 0 aliphatic heterocycles. The molecule has 0 saturated carbocycles. The van der Waals surface area contributed by atoms with Crippen molar-refractivity contribution in [3.63, 3.8) is 0 Å². The number of nitrogens with one attached hydrogen (secondary N) is 1. The summed E-state index contributed by atoms with van der Waals surface area (Å²) in [7, 11) is 0. The number of rotatable bonds is 19. The van der Waals surface area contributed by atoms with Crippen molar-refractivity contribution < 1.29 is 0 Å². The molecule has 3 N–H and O–H groups in total. The molecule has 0 radical (unpaired) electrons. The lowest BCUT2D eigenvalue weighted by molar-refractivity contribution is 0.457. The summed E-state index contributed by atoms with van der Waals surface area (Å²) >= 11 is 0. The van der Waals surface area contributed by atoms with Gasteiger partial charge in [-0.15, -0.1) is 0 Å². The quantitative estimate of drug-likeness (QED) is 0.261. The fourth-order valence-corrected chi connectivity index (χ4v) is 3.21. The van der Waals surface area contributed by atoms with E-state index in [1.54, 1.807) is 0 Å². The second-order valence-electron chi connectivity index (χ2n) is 8.47. The molecule has 0 aromatic rings. The number of hydrogen-bond donors (Lipinski definition) is 2. The van der Waals surface area contributed by atoms with Crippen molar-refractivity contribution in [1.82, 2.24) is 5.32 Å². The first-order chi connectivity index (χ1) is 11.6. The van der Waals surface area contributed by atoms with Crippen LogP contribution in [0.5, 0.6) is 0 Å². The first-order valence-corrected chi connectivity index (χ1v) is 11.1. The number of nitrogens with two attached hydrogens (primary N) is 1. The van der Waals surface area contributed by atoms with Gasteiger partial charge in [-0.25, -0.2) is 0 Å². The van der Waals surface area contributed by atoms with Crippen LogP contribution in [0.15, 0.2) is 0 Å². The van der Waals surface area contributed by atoms with Crippen molar-refractivity contribution in [1.29, 1.82) is 0 Å². The molecule has 0 rings (SSSR count). The predicted octanol–water partition coefficient (Wildman–Crippen LogP) is 6.57. The molecule has 0 aliphatic rings. The van der Waals surface area contributed by atoms with Crippen LogP contribution in [0.1, 0.15) is 124 Å². The van der Waals surface area contributed by atoms with Gasteiger partial charge in [0.25, 0.3) is 0 Å². The largest absolute Gasteiger partial charge is 0.324 e. The van der Waals surface area contributed by atoms with E-state index in [-0.39, 0.29) is 5.54 Å². The maximum atomic E-state index is 5.94. The standard InChI is InChI=1S/C22H48N2/c1-4-5-6-7-8-9-10-11-12-13-14-15-16-17-18-19-20-24-21-22(2,3)23/h24H,4-21,23H2,1-3H3. The Labute approximate surface area is 153 Å². The molecule has 146 valence electrons. The second-order valence-corrected chi connectivity index (χ2v) is 8.47. The molecule has 0 unspecified atom stereocenters. The van der Waals surface area contributed by atoms with E-state index >= 15 is 0 Å². The summed E-state index contributed by atoms with van der Waals surface area (Å²) in [6, 6.07) is 0. The van der Waals surface area contributed by atoms with Gasteiger partial charge in [-0.3, -0.25) is 0 Å². The molecule has 24 heavy (non-hydrogen) atoms. The summed E-state index contributed by atoms with van der Waals surface area (Å²) in [4.78, 5) is 0. The zero-order valence-corrected chi connectivity index (χ0v) is 17.3. The first kappa shape index (κ1) is 23.9. The van der Waals surface area contributed by atoms with Crippen molar-refractivity contribution in [2.24, 2.45) is 5.73 Å². The normalized spacial score (nSPS) is 12.0. The van der Waals surface area contributed by atoms with Crippen molar-refractivity contribution in [3.05, 3.63) is 0 Å². The van der Waals surface area contributed by atoms with Crippen LogP contribution < -0.4 is 11.1 Å². The summed E-state index contributed by atoms with van der Waals surface area (Å²) in [5, 5.41) is 3.45. The highest BCUT2D eigenvalue weighted by molar-refractivity contribution is 4.74. The maximum Gasteiger partial charge on any atom is 0.0223 e. The molecule has 0 aromatic heterocycles. The van der Waals surface area contributed by atoms with E-state index in [2.05, 4.69) is 26.1 Å². The molecule has 0 atom stereocenters. The minimum absolute atomic E-state index is 0.0744. The smallest absolute Gasteiger partial charge is 0.0223 e. The Hall–Kier alpha value is -0.0800. The zero-order chi connectivity index (χ0) is 17.9. The van der Waals surface area contributed by atoms with Crippen LogP contribution in [0.2, 0.25) is 0 Å². The summed E-state index contributed by atoms with van der Waals surface area (Å²) in [5.41, 5.74) is 5.87. The zero-order valence-electron chi connectivity index (χ0n) is 17.3. The van der Waals surface area contributed by atoms with Crippen LogP contribution in [-0.2, 0) is 0 Å². The maximum absolute atomic E-state index is 5.94. The SMILES string of the molecule is CCCCCCCCCCCCCCCCCCNCC(C)(C)N. The van der Waals surface area contributed by atoms with Crippen molar-refractivity contribution in [3.8, 4) is 0 Å². The third-order valence-corrected chi connectivity index (χ3v) is 4.79. The van der Waals surface area contributed by atoms with E-state index < -0.39 is 0 Å². The van der Waals surface area contributed by atoms with Crippen molar-refractivity contribution in [2.75, 3.05) is 13.1 Å². The third-order valence-electron chi connectivity index (χ3n) is 4.79. The number of hydrogen-bond acceptors (Lipinski definition) is 2. The Kier molecular flexibility index (Phi) is 17.7. The van der Waals surface area contributed by atoms with E-state index in [0.29, 0.717) is 0 Å². The van der Waals surface area contributed by atoms with Crippen LogP contribution in [-0.4, -0.2) is 18.6 Å². The summed E-state index contributed by atoms with van der Waals surface area (Å²) < 4.78 is 0. The minimum atomic E-state index is -0.0744. The van der Waals surface area contributed by atoms with E-state index in [1.165, 1.54) is 103 Å². The van der Waals surface area contributed by atoms with E-state index in [1.807, 2.05) is 0 Å². The Morgan fingerprint density at radius 2 is 0.917 bits per heavy atom. The fraction of sp³-hybridized carbons (Fsp3) is 1.00. The van der Waals surface area contributed by atoms with E-state index in [9.17, 15) is 0 Å². The van der Waals surface area contributed by atoms with Gasteiger partial charge in [-0.05, 0) is 26.8 Å². The Balaban J connectivity index is 3.00. The van der Waals surface area contributed by atoms with Gasteiger partial charge in [0.15, 0.2) is 0 Å². The van der Waals surface area contributed by atoms with Gasteiger partial charge in [0, 0.05) is 12.1 Å². The van der Waals surface area contributed by atoms with Crippen LogP contribution in [0.3, 0.4) is 0 Å². The monoisotopic (exact) mass is 340 g/mol. The topological polar surface area (TPSA) is 38.0 Å². The Morgan fingerprint density at radius 3 is 1.25 bits per heavy atom. The highest BCUT2D eigenvalue weighted by atomic mass is 14.9. The van der Waals surface area contributed by atoms with Gasteiger partial charge < -0.3 is 11.1 Å². The van der Waals surface area contributed by atoms with Crippen LogP contribution in [0.25, 0.3) is 0 Å². The van der Waals surface area contributed by atoms with Gasteiger partial charge in [-0.2, -0.15) is 0 Å². The Morgan fingerprint density at radius 1 is 0.583 bits per heavy atom. The molecule has 0 spiro atoms. The highest BCUT2D eigenvalue weighted by Crippen LogP contribution is 2.13. The first-order valence-electron chi connectivity index (χ1n) is 11.1. The van der Waals surface area contributed by atoms with Crippen LogP contribution in [0.4, 0.5) is 0 Å². The lowest BCUT2D eigenvalue weighted by atomic mass is 10.0. The molecule has 2 nitrogen and oxygen atoms in total. The molecular formula is C22H48N2. The fourth-order valence-electron chi connectivity index (χ4n) is 3.21. The van der Waals surface area contributed by atoms with Crippen molar-refractivity contribution >= 4 is 0 Å². The average molecular weight is 341 g/mol. The summed E-state index contributed by atoms with van der Waals surface area (Å²) in [5.74, 6) is 0. The van der Waals surface area contributed by atoms with Gasteiger partial charge >= 0.3 is 0 Å². The van der Waals surface area contributed by atoms with E-state index in [4.69, 9.17) is 5.73 Å². The minimum Gasteiger partial charge on any atom is -0.324 e. The van der Waals surface area contributed by atoms with Crippen LogP contribution >= 0.6 is 0 Å². The van der Waals surface area contributed by atoms with Crippen LogP contribution in [0, 0.1) is 0 Å². The molecule has 0 aromatic carbocycles. The van der Waals surface area contributed by atoms with Gasteiger partial charge in [0.1, 0.15) is 0 Å². The van der Waals surface area contributed by atoms with Gasteiger partial charge in [0.2, 0.25) is 0 Å². The molecule has 0 amide bonds. The molecule has 0 fully saturated rings. The molecule has 0 heterocycles. The molecule has 2 heteroatoms. The van der Waals surface area contributed by atoms with E-state index in [0.717, 1.165) is 13.1 Å². The highest BCUT2D eigenvalue weighted by Gasteiger charge is 2.08. The summed E-state index contributed by atoms with van der Waals surface area (Å²) in [6.07, 6.45) is 22.9. The predicted molar refractivity (Wildman–Crippen MR) is 111 cm³/mol. The number of unbranched alkanes of at least 4 members (excludes halogenated alkanes) is 15.